The summed E-state index contributed by atoms with van der Waals surface area (Å²) in [6.07, 6.45) is 5.21. The molecule has 0 aliphatic carbocycles. The number of allylic oxidation sites excluding steroid dienone is 6. The number of amides is 1. The van der Waals surface area contributed by atoms with E-state index in [-0.39, 0.29) is 42.1 Å². The van der Waals surface area contributed by atoms with E-state index in [0.717, 1.165) is 46.8 Å². The molecule has 2 aromatic carbocycles. The topological polar surface area (TPSA) is 253 Å². The van der Waals surface area contributed by atoms with Crippen molar-refractivity contribution in [2.24, 2.45) is 0 Å². The van der Waals surface area contributed by atoms with Crippen LogP contribution in [-0.4, -0.2) is 139 Å². The zero-order valence-electron chi connectivity index (χ0n) is 35.7. The van der Waals surface area contributed by atoms with Crippen LogP contribution in [-0.2, 0) is 50.1 Å². The van der Waals surface area contributed by atoms with Gasteiger partial charge in [0.05, 0.1) is 41.6 Å². The second kappa shape index (κ2) is 20.3. The molecule has 2 aromatic rings. The number of hydrogen-bond donors (Lipinski definition) is 7. The summed E-state index contributed by atoms with van der Waals surface area (Å²) in [6, 6.07) is 9.22. The zero-order valence-corrected chi connectivity index (χ0v) is 37.3. The number of benzene rings is 2. The lowest BCUT2D eigenvalue weighted by Gasteiger charge is -2.39. The van der Waals surface area contributed by atoms with Crippen LogP contribution in [0.4, 0.5) is 11.4 Å². The molecule has 5 rings (SSSR count). The Morgan fingerprint density at radius 2 is 1.53 bits per heavy atom. The minimum absolute atomic E-state index is 0.000711. The molecule has 3 heterocycles. The van der Waals surface area contributed by atoms with Gasteiger partial charge in [0.15, 0.2) is 12.0 Å². The minimum Gasteiger partial charge on any atom is -0.394 e. The average Bonchev–Trinajstić information content (AvgIpc) is 3.56. The van der Waals surface area contributed by atoms with Gasteiger partial charge in [0.1, 0.15) is 31.0 Å². The number of carbonyl (C=O) groups excluding carboxylic acids is 1. The van der Waals surface area contributed by atoms with Gasteiger partial charge in [0, 0.05) is 60.4 Å². The van der Waals surface area contributed by atoms with E-state index < -0.39 is 68.4 Å². The van der Waals surface area contributed by atoms with Crippen LogP contribution in [0.5, 0.6) is 0 Å². The second-order valence-electron chi connectivity index (χ2n) is 16.5. The Bertz CT molecular complexity index is 2290. The maximum Gasteiger partial charge on any atom is 0.294 e. The van der Waals surface area contributed by atoms with Crippen molar-refractivity contribution < 1.29 is 69.9 Å². The molecule has 0 radical (unpaired) electrons. The van der Waals surface area contributed by atoms with Gasteiger partial charge in [-0.2, -0.15) is 21.4 Å². The molecule has 5 atom stereocenters. The number of nitrogens with zero attached hydrogens (tertiary/aromatic N) is 2. The van der Waals surface area contributed by atoms with E-state index in [1.807, 2.05) is 65.0 Å². The van der Waals surface area contributed by atoms with Crippen LogP contribution in [0.2, 0.25) is 0 Å². The molecule has 62 heavy (non-hydrogen) atoms. The minimum atomic E-state index is -4.44. The van der Waals surface area contributed by atoms with Crippen LogP contribution in [0.1, 0.15) is 71.4 Å². The molecule has 1 saturated heterocycles. The van der Waals surface area contributed by atoms with Gasteiger partial charge in [0.25, 0.3) is 20.2 Å². The smallest absolute Gasteiger partial charge is 0.294 e. The maximum atomic E-state index is 12.5. The summed E-state index contributed by atoms with van der Waals surface area (Å²) in [7, 11) is -8.81. The Kier molecular flexibility index (Phi) is 16.1. The number of rotatable bonds is 20. The average molecular weight is 907 g/mol. The summed E-state index contributed by atoms with van der Waals surface area (Å²) < 4.78 is 85.7. The molecule has 3 aliphatic rings. The molecule has 0 bridgehead atoms. The van der Waals surface area contributed by atoms with Crippen molar-refractivity contribution in [2.75, 3.05) is 51.0 Å². The number of aliphatic hydroxyl groups excluding tert-OH is 4. The number of likely N-dealkylation sites (N-methyl/N-ethyl adjacent to an activating group) is 1. The Morgan fingerprint density at radius 1 is 0.855 bits per heavy atom. The Hall–Kier alpha value is -3.86. The number of anilines is 1. The monoisotopic (exact) mass is 906 g/mol. The quantitative estimate of drug-likeness (QED) is 0.0437. The molecule has 1 amide bonds. The summed E-state index contributed by atoms with van der Waals surface area (Å²) in [6.45, 7) is 11.2. The highest BCUT2D eigenvalue weighted by atomic mass is 32.2. The number of nitrogens with one attached hydrogen (secondary N) is 1. The number of carbonyl (C=O) groups is 1. The molecule has 3 aliphatic heterocycles. The Balaban J connectivity index is 1.16. The third-order valence-electron chi connectivity index (χ3n) is 11.6. The molecular formula is C43H60N3O14S2+. The summed E-state index contributed by atoms with van der Waals surface area (Å²) in [5, 5.41) is 41.9. The Labute approximate surface area is 363 Å². The van der Waals surface area contributed by atoms with Crippen LogP contribution in [0.25, 0.3) is 0 Å². The van der Waals surface area contributed by atoms with E-state index in [4.69, 9.17) is 14.2 Å². The summed E-state index contributed by atoms with van der Waals surface area (Å²) in [4.78, 5) is 14.3. The molecule has 1 unspecified atom stereocenters. The fourth-order valence-corrected chi connectivity index (χ4v) is 9.20. The van der Waals surface area contributed by atoms with Crippen LogP contribution < -0.4 is 10.2 Å². The first-order valence-electron chi connectivity index (χ1n) is 20.6. The highest BCUT2D eigenvalue weighted by Crippen LogP contribution is 2.48. The zero-order chi connectivity index (χ0) is 45.6. The van der Waals surface area contributed by atoms with Gasteiger partial charge in [-0.25, -0.2) is 0 Å². The van der Waals surface area contributed by atoms with Crippen molar-refractivity contribution in [2.45, 2.75) is 112 Å². The Morgan fingerprint density at radius 3 is 2.19 bits per heavy atom. The number of ether oxygens (including phenoxy) is 3. The highest BCUT2D eigenvalue weighted by Gasteiger charge is 2.46. The van der Waals surface area contributed by atoms with E-state index in [9.17, 15) is 51.2 Å². The van der Waals surface area contributed by atoms with Gasteiger partial charge >= 0.3 is 0 Å². The van der Waals surface area contributed by atoms with Crippen LogP contribution in [0.15, 0.2) is 82.3 Å². The first-order chi connectivity index (χ1) is 29.1. The third kappa shape index (κ3) is 11.1. The van der Waals surface area contributed by atoms with Crippen molar-refractivity contribution in [1.29, 1.82) is 0 Å². The molecule has 0 aromatic heterocycles. The number of unbranched alkanes of at least 4 members (excludes halogenated alkanes) is 2. The number of aliphatic hydroxyl groups is 4. The predicted molar refractivity (Wildman–Crippen MR) is 230 cm³/mol. The van der Waals surface area contributed by atoms with E-state index in [2.05, 4.69) is 14.8 Å². The normalized spacial score (nSPS) is 24.1. The fourth-order valence-electron chi connectivity index (χ4n) is 8.18. The molecule has 0 spiro atoms. The number of hydrogen-bond acceptors (Lipinski definition) is 13. The molecule has 19 heteroatoms. The molecular weight excluding hydrogens is 847 g/mol. The molecule has 1 fully saturated rings. The molecule has 0 saturated carbocycles. The van der Waals surface area contributed by atoms with Crippen molar-refractivity contribution in [3.63, 3.8) is 0 Å². The van der Waals surface area contributed by atoms with E-state index in [0.29, 0.717) is 25.9 Å². The van der Waals surface area contributed by atoms with Gasteiger partial charge in [-0.3, -0.25) is 13.9 Å². The van der Waals surface area contributed by atoms with Crippen LogP contribution >= 0.6 is 0 Å². The van der Waals surface area contributed by atoms with Crippen LogP contribution in [0.3, 0.4) is 0 Å². The van der Waals surface area contributed by atoms with Crippen molar-refractivity contribution in [3.05, 3.63) is 83.6 Å². The van der Waals surface area contributed by atoms with E-state index in [1.165, 1.54) is 24.3 Å². The van der Waals surface area contributed by atoms with Gasteiger partial charge in [-0.1, -0.05) is 32.1 Å². The van der Waals surface area contributed by atoms with Crippen molar-refractivity contribution in [1.82, 2.24) is 5.32 Å². The third-order valence-corrected chi connectivity index (χ3v) is 13.3. The van der Waals surface area contributed by atoms with Gasteiger partial charge in [-0.15, -0.1) is 0 Å². The van der Waals surface area contributed by atoms with Crippen molar-refractivity contribution >= 4 is 43.2 Å². The van der Waals surface area contributed by atoms with Gasteiger partial charge in [-0.05, 0) is 75.6 Å². The SMILES string of the molecule is CCN1C(=CC=CC=CC2=[N+](CCCCCC(=O)NCCOCCOC3O[C@H](CO)[C@H](O)[C@H](O)[C@H]3O)c3ccc(S(=O)(=O)O)cc3C2(C)C)C(C)(C)c2cc(S(=O)(=O)O)ccc21. The van der Waals surface area contributed by atoms with Crippen molar-refractivity contribution in [3.8, 4) is 0 Å². The number of fused-ring (bicyclic) bond motifs is 2. The van der Waals surface area contributed by atoms with Gasteiger partial charge < -0.3 is 44.9 Å². The summed E-state index contributed by atoms with van der Waals surface area (Å²) >= 11 is 0. The predicted octanol–water partition coefficient (Wildman–Crippen LogP) is 2.88. The lowest BCUT2D eigenvalue weighted by atomic mass is 9.81. The maximum absolute atomic E-state index is 12.5. The highest BCUT2D eigenvalue weighted by molar-refractivity contribution is 7.86. The first kappa shape index (κ1) is 49.2. The van der Waals surface area contributed by atoms with Gasteiger partial charge in [0.2, 0.25) is 11.6 Å². The van der Waals surface area contributed by atoms with E-state index >= 15 is 0 Å². The molecule has 7 N–H and O–H groups in total. The second-order valence-corrected chi connectivity index (χ2v) is 19.3. The summed E-state index contributed by atoms with van der Waals surface area (Å²) in [5.74, 6) is -0.136. The largest absolute Gasteiger partial charge is 0.394 e. The molecule has 17 nitrogen and oxygen atoms in total. The molecule has 342 valence electrons. The van der Waals surface area contributed by atoms with E-state index in [1.54, 1.807) is 12.1 Å². The standard InChI is InChI=1S/C43H59N3O14S2/c1-6-45-32-18-16-28(61(52,53)54)25-30(32)42(2,3)35(45)13-9-7-10-14-36-43(4,5)31-26-29(62(55,56)57)17-19-33(31)46(36)21-12-8-11-15-37(48)44-20-22-58-23-24-59-41-40(51)39(50)38(49)34(27-47)60-41/h7,9-10,13-14,16-19,25-26,34,38-41,47,49-51H,6,8,11-12,15,20-24,27H2,1-5H3,(H2-,44,48,52,53,54,55,56,57)/p+1/t34-,38+,39+,40-,41?/m1/s1. The lowest BCUT2D eigenvalue weighted by Crippen LogP contribution is -2.59. The summed E-state index contributed by atoms with van der Waals surface area (Å²) in [5.41, 5.74) is 3.89. The van der Waals surface area contributed by atoms with Crippen LogP contribution in [0, 0.1) is 0 Å². The first-order valence-corrected chi connectivity index (χ1v) is 23.5. The fraction of sp³-hybridized carbons (Fsp3) is 0.535. The lowest BCUT2D eigenvalue weighted by molar-refractivity contribution is -0.438.